The number of imide groups is 1. The van der Waals surface area contributed by atoms with E-state index in [0.717, 1.165) is 15.4 Å². The summed E-state index contributed by atoms with van der Waals surface area (Å²) in [5, 5.41) is 0. The number of benzene rings is 2. The molecule has 0 radical (unpaired) electrons. The molecule has 0 unspecified atom stereocenters. The van der Waals surface area contributed by atoms with Crippen LogP contribution in [-0.4, -0.2) is 59.5 Å². The fourth-order valence-corrected chi connectivity index (χ4v) is 4.11. The normalized spacial score (nSPS) is 12.7. The second-order valence-electron chi connectivity index (χ2n) is 8.30. The first kappa shape index (κ1) is 24.6. The molecular weight excluding hydrogens is 466 g/mol. The quantitative estimate of drug-likeness (QED) is 0.354. The number of nitrogens with one attached hydrogen (secondary N) is 1. The van der Waals surface area contributed by atoms with E-state index in [9.17, 15) is 24.0 Å². The monoisotopic (exact) mass is 491 g/mol. The van der Waals surface area contributed by atoms with Crippen molar-refractivity contribution in [3.63, 3.8) is 0 Å². The Morgan fingerprint density at radius 3 is 2.42 bits per heavy atom. The lowest BCUT2D eigenvalue weighted by atomic mass is 10.0. The molecule has 0 aliphatic carbocycles. The summed E-state index contributed by atoms with van der Waals surface area (Å²) in [5.41, 5.74) is 5.61. The van der Waals surface area contributed by atoms with Gasteiger partial charge in [0.2, 0.25) is 0 Å². The van der Waals surface area contributed by atoms with Crippen molar-refractivity contribution in [3.8, 4) is 0 Å². The SMILES string of the molecule is COCCCN1C(=O)c2ccc(C(=O)N(C)c3c(N)n(Cc4ccccc4)c(=O)[nH]c3=O)cc2C1=O. The largest absolute Gasteiger partial charge is 0.385 e. The van der Waals surface area contributed by atoms with E-state index in [1.807, 2.05) is 6.07 Å². The third kappa shape index (κ3) is 4.43. The Bertz CT molecular complexity index is 1460. The Kier molecular flexibility index (Phi) is 6.84. The molecule has 0 spiro atoms. The fourth-order valence-electron chi connectivity index (χ4n) is 4.11. The van der Waals surface area contributed by atoms with Gasteiger partial charge >= 0.3 is 5.69 Å². The summed E-state index contributed by atoms with van der Waals surface area (Å²) in [5.74, 6) is -1.76. The maximum Gasteiger partial charge on any atom is 0.330 e. The molecular formula is C25H25N5O6. The van der Waals surface area contributed by atoms with E-state index >= 15 is 0 Å². The van der Waals surface area contributed by atoms with E-state index in [-0.39, 0.29) is 41.3 Å². The van der Waals surface area contributed by atoms with Gasteiger partial charge in [-0.2, -0.15) is 0 Å². The average molecular weight is 492 g/mol. The Labute approximate surface area is 205 Å². The highest BCUT2D eigenvalue weighted by molar-refractivity contribution is 6.22. The van der Waals surface area contributed by atoms with Crippen LogP contribution in [-0.2, 0) is 11.3 Å². The lowest BCUT2D eigenvalue weighted by Crippen LogP contribution is -2.39. The minimum absolute atomic E-state index is 0.0794. The maximum atomic E-state index is 13.3. The molecule has 1 aliphatic rings. The number of amides is 3. The molecule has 0 atom stereocenters. The lowest BCUT2D eigenvalue weighted by molar-refractivity contribution is 0.0638. The van der Waals surface area contributed by atoms with E-state index in [1.165, 1.54) is 36.9 Å². The smallest absolute Gasteiger partial charge is 0.330 e. The highest BCUT2D eigenvalue weighted by atomic mass is 16.5. The van der Waals surface area contributed by atoms with Gasteiger partial charge in [-0.15, -0.1) is 0 Å². The molecule has 11 heteroatoms. The van der Waals surface area contributed by atoms with Crippen LogP contribution < -0.4 is 21.9 Å². The topological polar surface area (TPSA) is 148 Å². The summed E-state index contributed by atoms with van der Waals surface area (Å²) >= 11 is 0. The van der Waals surface area contributed by atoms with E-state index in [2.05, 4.69) is 4.98 Å². The standard InChI is InChI=1S/C25H25N5O6/c1-28(19-20(26)30(25(35)27-21(19)31)14-15-7-4-3-5-8-15)22(32)16-9-10-17-18(13-16)24(34)29(23(17)33)11-6-12-36-2/h3-5,7-10,13H,6,11-12,14,26H2,1-2H3,(H,27,31,35). The molecule has 3 aromatic rings. The highest BCUT2D eigenvalue weighted by Gasteiger charge is 2.36. The van der Waals surface area contributed by atoms with Gasteiger partial charge in [-0.1, -0.05) is 30.3 Å². The first-order valence-corrected chi connectivity index (χ1v) is 11.2. The number of nitrogens with two attached hydrogens (primary N) is 1. The highest BCUT2D eigenvalue weighted by Crippen LogP contribution is 2.26. The first-order valence-electron chi connectivity index (χ1n) is 11.2. The molecule has 36 heavy (non-hydrogen) atoms. The number of aromatic amines is 1. The summed E-state index contributed by atoms with van der Waals surface area (Å²) < 4.78 is 6.14. The van der Waals surface area contributed by atoms with Crippen LogP contribution in [0.2, 0.25) is 0 Å². The number of rotatable bonds is 8. The third-order valence-corrected chi connectivity index (χ3v) is 5.99. The van der Waals surface area contributed by atoms with Crippen LogP contribution in [0, 0.1) is 0 Å². The second-order valence-corrected chi connectivity index (χ2v) is 8.30. The van der Waals surface area contributed by atoms with Gasteiger partial charge in [0.15, 0.2) is 5.69 Å². The number of fused-ring (bicyclic) bond motifs is 1. The maximum absolute atomic E-state index is 13.3. The zero-order valence-corrected chi connectivity index (χ0v) is 19.8. The van der Waals surface area contributed by atoms with E-state index in [0.29, 0.717) is 13.0 Å². The minimum Gasteiger partial charge on any atom is -0.385 e. The molecule has 0 saturated carbocycles. The summed E-state index contributed by atoms with van der Waals surface area (Å²) in [7, 11) is 2.88. The van der Waals surface area contributed by atoms with Crippen LogP contribution in [0.3, 0.4) is 0 Å². The van der Waals surface area contributed by atoms with E-state index in [4.69, 9.17) is 10.5 Å². The predicted octanol–water partition coefficient (Wildman–Crippen LogP) is 1.08. The number of hydrogen-bond acceptors (Lipinski definition) is 7. The molecule has 0 saturated heterocycles. The van der Waals surface area contributed by atoms with Crippen molar-refractivity contribution < 1.29 is 19.1 Å². The van der Waals surface area contributed by atoms with Crippen LogP contribution in [0.15, 0.2) is 58.1 Å². The van der Waals surface area contributed by atoms with E-state index in [1.54, 1.807) is 24.3 Å². The molecule has 0 bridgehead atoms. The molecule has 1 aliphatic heterocycles. The van der Waals surface area contributed by atoms with Gasteiger partial charge in [-0.05, 0) is 30.2 Å². The number of anilines is 2. The molecule has 3 N–H and O–H groups in total. The summed E-state index contributed by atoms with van der Waals surface area (Å²) in [6.07, 6.45) is 0.483. The van der Waals surface area contributed by atoms with Crippen LogP contribution in [0.4, 0.5) is 11.5 Å². The summed E-state index contributed by atoms with van der Waals surface area (Å²) in [6.45, 7) is 0.675. The van der Waals surface area contributed by atoms with Crippen molar-refractivity contribution in [1.82, 2.24) is 14.5 Å². The molecule has 3 amide bonds. The van der Waals surface area contributed by atoms with Gasteiger partial charge in [0.25, 0.3) is 23.3 Å². The number of carbonyl (C=O) groups is 3. The number of hydrogen-bond donors (Lipinski definition) is 2. The van der Waals surface area contributed by atoms with Crippen LogP contribution in [0.5, 0.6) is 0 Å². The average Bonchev–Trinajstić information content (AvgIpc) is 3.11. The Morgan fingerprint density at radius 2 is 1.72 bits per heavy atom. The van der Waals surface area contributed by atoms with Crippen LogP contribution in [0.1, 0.15) is 43.1 Å². The third-order valence-electron chi connectivity index (χ3n) is 5.99. The molecule has 186 valence electrons. The van der Waals surface area contributed by atoms with Crippen molar-refractivity contribution in [2.75, 3.05) is 37.9 Å². The Balaban J connectivity index is 1.65. The van der Waals surface area contributed by atoms with Crippen LogP contribution >= 0.6 is 0 Å². The van der Waals surface area contributed by atoms with Crippen molar-refractivity contribution in [3.05, 3.63) is 91.6 Å². The zero-order chi connectivity index (χ0) is 26.0. The van der Waals surface area contributed by atoms with Gasteiger partial charge in [0.05, 0.1) is 17.7 Å². The van der Waals surface area contributed by atoms with Gasteiger partial charge in [-0.3, -0.25) is 33.6 Å². The number of aromatic nitrogens is 2. The van der Waals surface area contributed by atoms with Crippen molar-refractivity contribution >= 4 is 29.2 Å². The number of carbonyl (C=O) groups excluding carboxylic acids is 3. The van der Waals surface area contributed by atoms with Crippen molar-refractivity contribution in [1.29, 1.82) is 0 Å². The molecule has 4 rings (SSSR count). The summed E-state index contributed by atoms with van der Waals surface area (Å²) in [4.78, 5) is 68.1. The second kappa shape index (κ2) is 10.0. The number of nitrogen functional groups attached to an aromatic ring is 1. The van der Waals surface area contributed by atoms with Crippen molar-refractivity contribution in [2.45, 2.75) is 13.0 Å². The molecule has 1 aromatic heterocycles. The van der Waals surface area contributed by atoms with Gasteiger partial charge in [-0.25, -0.2) is 4.79 Å². The number of H-pyrrole nitrogens is 1. The fraction of sp³-hybridized carbons (Fsp3) is 0.240. The van der Waals surface area contributed by atoms with Crippen molar-refractivity contribution in [2.24, 2.45) is 0 Å². The number of nitrogens with zero attached hydrogens (tertiary/aromatic N) is 3. The molecule has 11 nitrogen and oxygen atoms in total. The Hall–Kier alpha value is -4.51. The predicted molar refractivity (Wildman–Crippen MR) is 132 cm³/mol. The lowest BCUT2D eigenvalue weighted by Gasteiger charge is -2.20. The Morgan fingerprint density at radius 1 is 1.03 bits per heavy atom. The molecule has 0 fully saturated rings. The molecule has 2 heterocycles. The first-order chi connectivity index (χ1) is 17.2. The van der Waals surface area contributed by atoms with Gasteiger partial charge in [0.1, 0.15) is 5.82 Å². The number of methoxy groups -OCH3 is 1. The number of ether oxygens (including phenoxy) is 1. The minimum atomic E-state index is -0.825. The van der Waals surface area contributed by atoms with Gasteiger partial charge in [0, 0.05) is 32.9 Å². The van der Waals surface area contributed by atoms with E-state index < -0.39 is 29.0 Å². The van der Waals surface area contributed by atoms with Gasteiger partial charge < -0.3 is 15.4 Å². The van der Waals surface area contributed by atoms with Crippen LogP contribution in [0.25, 0.3) is 0 Å². The zero-order valence-electron chi connectivity index (χ0n) is 19.8. The molecule has 2 aromatic carbocycles. The summed E-state index contributed by atoms with van der Waals surface area (Å²) in [6, 6.07) is 13.2.